The summed E-state index contributed by atoms with van der Waals surface area (Å²) in [4.78, 5) is 43.5. The molecule has 2 saturated heterocycles. The third-order valence-electron chi connectivity index (χ3n) is 6.95. The van der Waals surface area contributed by atoms with Gasteiger partial charge in [-0.15, -0.1) is 0 Å². The maximum Gasteiger partial charge on any atom is 0.326 e. The topological polar surface area (TPSA) is 102 Å². The van der Waals surface area contributed by atoms with Crippen molar-refractivity contribution in [1.82, 2.24) is 15.1 Å². The predicted molar refractivity (Wildman–Crippen MR) is 122 cm³/mol. The van der Waals surface area contributed by atoms with Crippen LogP contribution in [0.15, 0.2) is 30.3 Å². The number of para-hydroxylation sites is 1. The average molecular weight is 459 g/mol. The standard InChI is InChI=1S/C24H34N4O5/c29-21(26-13-15-33-16-14-26)17-20-23(31)28(12-11-27(20)19-9-5-2-6-10-19)24(32)25-22(30)18-7-3-1-4-8-18/h2,5-6,9-10,18,20,23,31H,1,3-4,7-8,11-17H2,(H,25,30,32)/t20-,23-/m0/s1. The zero-order chi connectivity index (χ0) is 23.2. The Morgan fingerprint density at radius 2 is 1.67 bits per heavy atom. The number of morpholine rings is 1. The molecule has 9 heteroatoms. The Morgan fingerprint density at radius 3 is 2.36 bits per heavy atom. The molecule has 3 aliphatic rings. The number of piperazine rings is 1. The maximum atomic E-state index is 13.0. The van der Waals surface area contributed by atoms with Crippen LogP contribution in [0.3, 0.4) is 0 Å². The molecule has 0 bridgehead atoms. The van der Waals surface area contributed by atoms with Gasteiger partial charge in [0, 0.05) is 37.8 Å². The molecule has 33 heavy (non-hydrogen) atoms. The summed E-state index contributed by atoms with van der Waals surface area (Å²) in [5, 5.41) is 13.7. The first-order valence-electron chi connectivity index (χ1n) is 12.0. The van der Waals surface area contributed by atoms with E-state index in [0.717, 1.165) is 37.8 Å². The summed E-state index contributed by atoms with van der Waals surface area (Å²) in [5.74, 6) is -0.494. The fourth-order valence-electron chi connectivity index (χ4n) is 5.02. The molecule has 1 saturated carbocycles. The molecule has 2 atom stereocenters. The van der Waals surface area contributed by atoms with Gasteiger partial charge in [0.25, 0.3) is 0 Å². The Morgan fingerprint density at radius 1 is 0.970 bits per heavy atom. The van der Waals surface area contributed by atoms with E-state index in [1.807, 2.05) is 35.2 Å². The van der Waals surface area contributed by atoms with E-state index >= 15 is 0 Å². The van der Waals surface area contributed by atoms with Crippen molar-refractivity contribution in [1.29, 1.82) is 0 Å². The Hall–Kier alpha value is -2.65. The second-order valence-corrected chi connectivity index (χ2v) is 9.03. The number of hydrogen-bond acceptors (Lipinski definition) is 6. The smallest absolute Gasteiger partial charge is 0.326 e. The molecule has 0 spiro atoms. The lowest BCUT2D eigenvalue weighted by Crippen LogP contribution is -2.64. The molecule has 0 unspecified atom stereocenters. The molecular weight excluding hydrogens is 424 g/mol. The fraction of sp³-hybridized carbons (Fsp3) is 0.625. The van der Waals surface area contributed by atoms with Crippen LogP contribution in [0.2, 0.25) is 0 Å². The van der Waals surface area contributed by atoms with Gasteiger partial charge in [0.1, 0.15) is 0 Å². The highest BCUT2D eigenvalue weighted by Gasteiger charge is 2.40. The molecule has 2 N–H and O–H groups in total. The molecule has 0 radical (unpaired) electrons. The zero-order valence-electron chi connectivity index (χ0n) is 19.0. The van der Waals surface area contributed by atoms with Crippen LogP contribution in [0.5, 0.6) is 0 Å². The highest BCUT2D eigenvalue weighted by Crippen LogP contribution is 2.27. The largest absolute Gasteiger partial charge is 0.378 e. The van der Waals surface area contributed by atoms with Crippen LogP contribution >= 0.6 is 0 Å². The van der Waals surface area contributed by atoms with E-state index in [1.165, 1.54) is 4.90 Å². The second-order valence-electron chi connectivity index (χ2n) is 9.03. The highest BCUT2D eigenvalue weighted by molar-refractivity contribution is 5.95. The molecule has 4 amide bonds. The maximum absolute atomic E-state index is 13.0. The Balaban J connectivity index is 1.47. The van der Waals surface area contributed by atoms with Gasteiger partial charge in [-0.25, -0.2) is 4.79 Å². The highest BCUT2D eigenvalue weighted by atomic mass is 16.5. The normalized spacial score (nSPS) is 24.5. The lowest BCUT2D eigenvalue weighted by Gasteiger charge is -2.46. The van der Waals surface area contributed by atoms with Crippen molar-refractivity contribution < 1.29 is 24.2 Å². The number of urea groups is 1. The van der Waals surface area contributed by atoms with Crippen LogP contribution in [0, 0.1) is 5.92 Å². The van der Waals surface area contributed by atoms with E-state index in [1.54, 1.807) is 4.90 Å². The number of nitrogens with one attached hydrogen (secondary N) is 1. The minimum atomic E-state index is -1.22. The number of anilines is 1. The molecule has 1 aromatic carbocycles. The van der Waals surface area contributed by atoms with Crippen molar-refractivity contribution in [3.63, 3.8) is 0 Å². The number of hydrogen-bond donors (Lipinski definition) is 2. The molecular formula is C24H34N4O5. The zero-order valence-corrected chi connectivity index (χ0v) is 19.0. The number of rotatable bonds is 4. The first kappa shape index (κ1) is 23.5. The number of aliphatic hydroxyl groups excluding tert-OH is 1. The average Bonchev–Trinajstić information content (AvgIpc) is 2.86. The van der Waals surface area contributed by atoms with E-state index in [-0.39, 0.29) is 30.7 Å². The lowest BCUT2D eigenvalue weighted by atomic mass is 9.89. The third-order valence-corrected chi connectivity index (χ3v) is 6.95. The van der Waals surface area contributed by atoms with Crippen LogP contribution in [0.25, 0.3) is 0 Å². The van der Waals surface area contributed by atoms with Crippen molar-refractivity contribution in [2.45, 2.75) is 50.8 Å². The van der Waals surface area contributed by atoms with Gasteiger partial charge in [-0.05, 0) is 25.0 Å². The van der Waals surface area contributed by atoms with Crippen LogP contribution in [-0.2, 0) is 14.3 Å². The molecule has 9 nitrogen and oxygen atoms in total. The Bertz CT molecular complexity index is 823. The van der Waals surface area contributed by atoms with Crippen LogP contribution < -0.4 is 10.2 Å². The summed E-state index contributed by atoms with van der Waals surface area (Å²) in [7, 11) is 0. The molecule has 2 aliphatic heterocycles. The third kappa shape index (κ3) is 5.65. The summed E-state index contributed by atoms with van der Waals surface area (Å²) in [5.41, 5.74) is 0.884. The first-order chi connectivity index (χ1) is 16.0. The molecule has 1 aromatic rings. The van der Waals surface area contributed by atoms with Gasteiger partial charge in [-0.2, -0.15) is 0 Å². The van der Waals surface area contributed by atoms with Crippen molar-refractivity contribution >= 4 is 23.5 Å². The first-order valence-corrected chi connectivity index (χ1v) is 12.0. The van der Waals surface area contributed by atoms with Crippen molar-refractivity contribution in [2.75, 3.05) is 44.3 Å². The molecule has 4 rings (SSSR count). The van der Waals surface area contributed by atoms with E-state index in [0.29, 0.717) is 32.8 Å². The van der Waals surface area contributed by atoms with Gasteiger partial charge in [-0.1, -0.05) is 37.5 Å². The number of carbonyl (C=O) groups is 3. The molecule has 180 valence electrons. The molecule has 1 aliphatic carbocycles. The Labute approximate surface area is 194 Å². The number of ether oxygens (including phenoxy) is 1. The molecule has 2 heterocycles. The second kappa shape index (κ2) is 11.0. The molecule has 0 aromatic heterocycles. The Kier molecular flexibility index (Phi) is 7.82. The summed E-state index contributed by atoms with van der Waals surface area (Å²) in [6, 6.07) is 8.38. The lowest BCUT2D eigenvalue weighted by molar-refractivity contribution is -0.137. The number of benzene rings is 1. The van der Waals surface area contributed by atoms with Gasteiger partial charge < -0.3 is 19.6 Å². The number of aliphatic hydroxyl groups is 1. The number of amides is 4. The van der Waals surface area contributed by atoms with Gasteiger partial charge in [0.15, 0.2) is 6.23 Å². The van der Waals surface area contributed by atoms with E-state index in [4.69, 9.17) is 4.74 Å². The van der Waals surface area contributed by atoms with E-state index in [2.05, 4.69) is 5.32 Å². The van der Waals surface area contributed by atoms with Crippen molar-refractivity contribution in [3.8, 4) is 0 Å². The van der Waals surface area contributed by atoms with E-state index < -0.39 is 18.3 Å². The number of nitrogens with zero attached hydrogens (tertiary/aromatic N) is 3. The fourth-order valence-corrected chi connectivity index (χ4v) is 5.02. The summed E-state index contributed by atoms with van der Waals surface area (Å²) in [6.45, 7) is 2.74. The van der Waals surface area contributed by atoms with Crippen LogP contribution in [0.4, 0.5) is 10.5 Å². The van der Waals surface area contributed by atoms with Gasteiger partial charge in [0.05, 0.1) is 25.7 Å². The summed E-state index contributed by atoms with van der Waals surface area (Å²) >= 11 is 0. The van der Waals surface area contributed by atoms with Crippen LogP contribution in [0.1, 0.15) is 38.5 Å². The number of imide groups is 1. The van der Waals surface area contributed by atoms with E-state index in [9.17, 15) is 19.5 Å². The SMILES string of the molecule is O=C(NC(=O)N1CCN(c2ccccc2)[C@@H](CC(=O)N2CCOCC2)[C@@H]1O)C1CCCCC1. The minimum absolute atomic E-state index is 0.0659. The number of carbonyl (C=O) groups excluding carboxylic acids is 3. The quantitative estimate of drug-likeness (QED) is 0.710. The summed E-state index contributed by atoms with van der Waals surface area (Å²) in [6.07, 6.45) is 3.54. The molecule has 3 fully saturated rings. The van der Waals surface area contributed by atoms with Crippen molar-refractivity contribution in [2.24, 2.45) is 5.92 Å². The van der Waals surface area contributed by atoms with Crippen LogP contribution in [-0.4, -0.2) is 84.4 Å². The monoisotopic (exact) mass is 458 g/mol. The predicted octanol–water partition coefficient (Wildman–Crippen LogP) is 1.56. The van der Waals surface area contributed by atoms with Gasteiger partial charge in [0.2, 0.25) is 11.8 Å². The van der Waals surface area contributed by atoms with Gasteiger partial charge in [-0.3, -0.25) is 19.8 Å². The minimum Gasteiger partial charge on any atom is -0.378 e. The van der Waals surface area contributed by atoms with Gasteiger partial charge >= 0.3 is 6.03 Å². The summed E-state index contributed by atoms with van der Waals surface area (Å²) < 4.78 is 5.34. The van der Waals surface area contributed by atoms with Crippen molar-refractivity contribution in [3.05, 3.63) is 30.3 Å².